The molecule has 1 unspecified atom stereocenters. The summed E-state index contributed by atoms with van der Waals surface area (Å²) in [5, 5.41) is 10.4. The molecule has 0 spiro atoms. The zero-order chi connectivity index (χ0) is 11.6. The molecule has 0 bridgehead atoms. The highest BCUT2D eigenvalue weighted by molar-refractivity contribution is 6.74. The van der Waals surface area contributed by atoms with E-state index in [0.717, 1.165) is 0 Å². The Morgan fingerprint density at radius 3 is 2.14 bits per heavy atom. The van der Waals surface area contributed by atoms with E-state index in [0.29, 0.717) is 0 Å². The van der Waals surface area contributed by atoms with Gasteiger partial charge < -0.3 is 4.43 Å². The van der Waals surface area contributed by atoms with E-state index in [4.69, 9.17) is 4.43 Å². The van der Waals surface area contributed by atoms with Crippen LogP contribution in [0.5, 0.6) is 0 Å². The molecule has 0 aliphatic heterocycles. The molecule has 5 heteroatoms. The van der Waals surface area contributed by atoms with Crippen molar-refractivity contribution in [2.75, 3.05) is 6.54 Å². The number of nitro groups is 1. The lowest BCUT2D eigenvalue weighted by Crippen LogP contribution is -2.44. The Morgan fingerprint density at radius 1 is 1.43 bits per heavy atom. The molecule has 0 rings (SSSR count). The summed E-state index contributed by atoms with van der Waals surface area (Å²) in [6.45, 7) is 12.2. The van der Waals surface area contributed by atoms with Gasteiger partial charge in [-0.05, 0) is 25.1 Å². The highest BCUT2D eigenvalue weighted by Crippen LogP contribution is 2.37. The molecule has 0 N–H and O–H groups in total. The summed E-state index contributed by atoms with van der Waals surface area (Å²) in [7, 11) is -1.84. The Kier molecular flexibility index (Phi) is 4.27. The molecule has 14 heavy (non-hydrogen) atoms. The summed E-state index contributed by atoms with van der Waals surface area (Å²) in [4.78, 5) is 9.96. The van der Waals surface area contributed by atoms with Gasteiger partial charge in [0.1, 0.15) is 6.10 Å². The second-order valence-corrected chi connectivity index (χ2v) is 9.96. The minimum Gasteiger partial charge on any atom is -0.408 e. The Labute approximate surface area is 86.9 Å². The van der Waals surface area contributed by atoms with Crippen molar-refractivity contribution in [3.05, 3.63) is 10.1 Å². The molecular weight excluding hydrogens is 198 g/mol. The van der Waals surface area contributed by atoms with Crippen molar-refractivity contribution in [2.45, 2.75) is 51.9 Å². The van der Waals surface area contributed by atoms with Gasteiger partial charge in [-0.25, -0.2) is 0 Å². The maximum Gasteiger partial charge on any atom is 0.228 e. The monoisotopic (exact) mass is 219 g/mol. The predicted molar refractivity (Wildman–Crippen MR) is 59.6 cm³/mol. The quantitative estimate of drug-likeness (QED) is 0.415. The van der Waals surface area contributed by atoms with E-state index in [2.05, 4.69) is 33.9 Å². The van der Waals surface area contributed by atoms with Gasteiger partial charge in [0.05, 0.1) is 0 Å². The standard InChI is InChI=1S/C9H21NO3Si/c1-8(7-10(11)12)13-14(5,6)9(2,3)4/h8H,7H2,1-6H3. The number of rotatable bonds is 4. The van der Waals surface area contributed by atoms with E-state index in [-0.39, 0.29) is 22.6 Å². The zero-order valence-corrected chi connectivity index (χ0v) is 11.0. The SMILES string of the molecule is CC(C[N+](=O)[O-])O[Si](C)(C)C(C)(C)C. The van der Waals surface area contributed by atoms with Crippen molar-refractivity contribution in [2.24, 2.45) is 0 Å². The van der Waals surface area contributed by atoms with Crippen molar-refractivity contribution in [3.63, 3.8) is 0 Å². The fourth-order valence-electron chi connectivity index (χ4n) is 0.927. The lowest BCUT2D eigenvalue weighted by molar-refractivity contribution is -0.488. The van der Waals surface area contributed by atoms with Crippen molar-refractivity contribution < 1.29 is 9.35 Å². The van der Waals surface area contributed by atoms with Crippen molar-refractivity contribution in [3.8, 4) is 0 Å². The maximum atomic E-state index is 10.3. The summed E-state index contributed by atoms with van der Waals surface area (Å²) in [5.41, 5.74) is 0. The third-order valence-corrected chi connectivity index (χ3v) is 7.31. The molecular formula is C9H21NO3Si. The molecule has 0 aliphatic carbocycles. The Balaban J connectivity index is 4.29. The van der Waals surface area contributed by atoms with E-state index in [9.17, 15) is 10.1 Å². The number of nitrogens with zero attached hydrogens (tertiary/aromatic N) is 1. The highest BCUT2D eigenvalue weighted by atomic mass is 28.4. The molecule has 0 aromatic rings. The molecule has 0 aliphatic rings. The van der Waals surface area contributed by atoms with Crippen LogP contribution in [0.1, 0.15) is 27.7 Å². The van der Waals surface area contributed by atoms with Crippen LogP contribution in [0.3, 0.4) is 0 Å². The molecule has 0 heterocycles. The lowest BCUT2D eigenvalue weighted by Gasteiger charge is -2.37. The molecule has 0 fully saturated rings. The van der Waals surface area contributed by atoms with Gasteiger partial charge in [0.2, 0.25) is 6.54 Å². The molecule has 0 aromatic carbocycles. The van der Waals surface area contributed by atoms with E-state index >= 15 is 0 Å². The minimum absolute atomic E-state index is 0.105. The van der Waals surface area contributed by atoms with Crippen molar-refractivity contribution >= 4 is 8.32 Å². The molecule has 1 atom stereocenters. The first kappa shape index (κ1) is 13.6. The van der Waals surface area contributed by atoms with Gasteiger partial charge in [0.15, 0.2) is 8.32 Å². The van der Waals surface area contributed by atoms with Crippen LogP contribution < -0.4 is 0 Å². The second kappa shape index (κ2) is 4.40. The van der Waals surface area contributed by atoms with Crippen LogP contribution in [0.4, 0.5) is 0 Å². The van der Waals surface area contributed by atoms with Crippen molar-refractivity contribution in [1.29, 1.82) is 0 Å². The molecule has 4 nitrogen and oxygen atoms in total. The van der Waals surface area contributed by atoms with E-state index < -0.39 is 8.32 Å². The molecule has 0 radical (unpaired) electrons. The average molecular weight is 219 g/mol. The Hall–Kier alpha value is -0.423. The van der Waals surface area contributed by atoms with E-state index in [1.807, 2.05) is 0 Å². The van der Waals surface area contributed by atoms with Gasteiger partial charge in [0, 0.05) is 4.92 Å². The fraction of sp³-hybridized carbons (Fsp3) is 1.00. The third-order valence-electron chi connectivity index (χ3n) is 2.71. The van der Waals surface area contributed by atoms with Crippen LogP contribution in [0.25, 0.3) is 0 Å². The first-order chi connectivity index (χ1) is 6.06. The van der Waals surface area contributed by atoms with Crippen molar-refractivity contribution in [1.82, 2.24) is 0 Å². The largest absolute Gasteiger partial charge is 0.408 e. The maximum absolute atomic E-state index is 10.3. The van der Waals surface area contributed by atoms with Gasteiger partial charge in [-0.2, -0.15) is 0 Å². The number of hydrogen-bond donors (Lipinski definition) is 0. The highest BCUT2D eigenvalue weighted by Gasteiger charge is 2.39. The summed E-state index contributed by atoms with van der Waals surface area (Å²) < 4.78 is 5.81. The minimum atomic E-state index is -1.84. The molecule has 0 saturated carbocycles. The Bertz CT molecular complexity index is 211. The molecule has 84 valence electrons. The second-order valence-electron chi connectivity index (χ2n) is 5.20. The van der Waals surface area contributed by atoms with Crippen LogP contribution in [0.15, 0.2) is 0 Å². The normalized spacial score (nSPS) is 15.3. The van der Waals surface area contributed by atoms with Gasteiger partial charge in [-0.15, -0.1) is 0 Å². The molecule has 0 aromatic heterocycles. The van der Waals surface area contributed by atoms with Gasteiger partial charge in [0.25, 0.3) is 0 Å². The average Bonchev–Trinajstić information content (AvgIpc) is 1.79. The molecule has 0 amide bonds. The molecule has 0 saturated heterocycles. The Morgan fingerprint density at radius 2 is 1.86 bits per heavy atom. The zero-order valence-electron chi connectivity index (χ0n) is 9.96. The fourth-order valence-corrected chi connectivity index (χ4v) is 2.36. The summed E-state index contributed by atoms with van der Waals surface area (Å²) in [5.74, 6) is 0. The van der Waals surface area contributed by atoms with E-state index in [1.54, 1.807) is 6.92 Å². The van der Waals surface area contributed by atoms with E-state index in [1.165, 1.54) is 0 Å². The first-order valence-electron chi connectivity index (χ1n) is 4.86. The third kappa shape index (κ3) is 4.19. The summed E-state index contributed by atoms with van der Waals surface area (Å²) in [6, 6.07) is 0. The first-order valence-corrected chi connectivity index (χ1v) is 7.77. The lowest BCUT2D eigenvalue weighted by atomic mass is 10.2. The topological polar surface area (TPSA) is 52.4 Å². The van der Waals surface area contributed by atoms with Gasteiger partial charge in [-0.3, -0.25) is 10.1 Å². The smallest absolute Gasteiger partial charge is 0.228 e. The van der Waals surface area contributed by atoms with Crippen LogP contribution in [-0.2, 0) is 4.43 Å². The number of hydrogen-bond acceptors (Lipinski definition) is 3. The predicted octanol–water partition coefficient (Wildman–Crippen LogP) is 2.67. The van der Waals surface area contributed by atoms with Crippen LogP contribution in [-0.4, -0.2) is 25.9 Å². The van der Waals surface area contributed by atoms with Crippen LogP contribution >= 0.6 is 0 Å². The van der Waals surface area contributed by atoms with Crippen LogP contribution in [0.2, 0.25) is 18.1 Å². The van der Waals surface area contributed by atoms with Crippen LogP contribution in [0, 0.1) is 10.1 Å². The van der Waals surface area contributed by atoms with Gasteiger partial charge in [-0.1, -0.05) is 20.8 Å². The summed E-state index contributed by atoms with van der Waals surface area (Å²) >= 11 is 0. The summed E-state index contributed by atoms with van der Waals surface area (Å²) in [6.07, 6.45) is -0.286. The van der Waals surface area contributed by atoms with Gasteiger partial charge >= 0.3 is 0 Å².